The minimum Gasteiger partial charge on any atom is -1.00 e. The van der Waals surface area contributed by atoms with E-state index in [1.165, 1.54) is 0 Å². The number of hydrogen-bond donors (Lipinski definition) is 0. The molecule has 138 valence electrons. The number of fused-ring (bicyclic) bond motifs is 4. The molecule has 2 aromatic heterocycles. The predicted octanol–water partition coefficient (Wildman–Crippen LogP) is 1.97. The lowest BCUT2D eigenvalue weighted by molar-refractivity contribution is -0.310. The van der Waals surface area contributed by atoms with Crippen LogP contribution in [-0.2, 0) is 0 Å². The van der Waals surface area contributed by atoms with E-state index in [1.54, 1.807) is 0 Å². The number of aromatic amines is 1. The van der Waals surface area contributed by atoms with Gasteiger partial charge in [0.25, 0.3) is 0 Å². The number of nitrogens with zero attached hydrogens (tertiary/aromatic N) is 3. The number of halogens is 1. The molecule has 0 spiro atoms. The molecule has 4 nitrogen and oxygen atoms in total. The molecular weight excluding hydrogens is 380 g/mol. The highest BCUT2D eigenvalue weighted by Crippen LogP contribution is 2.26. The summed E-state index contributed by atoms with van der Waals surface area (Å²) in [6.45, 7) is 0. The summed E-state index contributed by atoms with van der Waals surface area (Å²) in [6, 6.07) is 28.6. The van der Waals surface area contributed by atoms with Crippen molar-refractivity contribution in [1.29, 1.82) is 0 Å². The van der Waals surface area contributed by atoms with E-state index < -0.39 is 0 Å². The maximum Gasteiger partial charge on any atom is 0.230 e. The monoisotopic (exact) mass is 394 g/mol. The molecule has 0 atom stereocenters. The van der Waals surface area contributed by atoms with Gasteiger partial charge in [-0.2, -0.15) is 0 Å². The fourth-order valence-electron chi connectivity index (χ4n) is 3.66. The van der Waals surface area contributed by atoms with Gasteiger partial charge in [-0.1, -0.05) is 30.3 Å². The lowest BCUT2D eigenvalue weighted by Crippen LogP contribution is -3.00. The molecule has 6 aromatic rings. The van der Waals surface area contributed by atoms with Gasteiger partial charge in [0, 0.05) is 12.1 Å². The Balaban J connectivity index is 0.00000181. The van der Waals surface area contributed by atoms with Crippen molar-refractivity contribution in [3.8, 4) is 11.1 Å². The largest absolute Gasteiger partial charge is 1.00 e. The molecule has 0 aliphatic carbocycles. The van der Waals surface area contributed by atoms with Gasteiger partial charge in [0.1, 0.15) is 11.0 Å². The van der Waals surface area contributed by atoms with Gasteiger partial charge in [0.05, 0.1) is 22.1 Å². The first-order valence-corrected chi connectivity index (χ1v) is 9.22. The molecular formula is C24H15ClN4. The summed E-state index contributed by atoms with van der Waals surface area (Å²) in [5, 5.41) is 0. The van der Waals surface area contributed by atoms with E-state index in [-0.39, 0.29) is 12.4 Å². The Morgan fingerprint density at radius 1 is 0.448 bits per heavy atom. The highest BCUT2D eigenvalue weighted by molar-refractivity contribution is 5.90. The quantitative estimate of drug-likeness (QED) is 0.401. The second-order valence-electron chi connectivity index (χ2n) is 6.90. The van der Waals surface area contributed by atoms with Crippen molar-refractivity contribution >= 4 is 44.1 Å². The molecule has 0 amide bonds. The van der Waals surface area contributed by atoms with Gasteiger partial charge in [-0.05, 0) is 53.6 Å². The Bertz CT molecular complexity index is 1410. The average Bonchev–Trinajstić information content (AvgIpc) is 2.75. The van der Waals surface area contributed by atoms with E-state index in [2.05, 4.69) is 35.3 Å². The van der Waals surface area contributed by atoms with E-state index in [0.29, 0.717) is 0 Å². The molecule has 0 radical (unpaired) electrons. The number of benzene rings is 4. The summed E-state index contributed by atoms with van der Waals surface area (Å²) in [4.78, 5) is 17.8. The van der Waals surface area contributed by atoms with E-state index >= 15 is 0 Å². The van der Waals surface area contributed by atoms with E-state index in [4.69, 9.17) is 15.0 Å². The molecule has 1 N–H and O–H groups in total. The zero-order valence-electron chi connectivity index (χ0n) is 15.3. The molecule has 5 heteroatoms. The summed E-state index contributed by atoms with van der Waals surface area (Å²) in [7, 11) is 0. The Morgan fingerprint density at radius 3 is 1.76 bits per heavy atom. The fraction of sp³-hybridized carbons (Fsp3) is 0. The van der Waals surface area contributed by atoms with Gasteiger partial charge in [-0.25, -0.2) is 19.9 Å². The minimum atomic E-state index is 0. The molecule has 0 saturated carbocycles. The second kappa shape index (κ2) is 6.76. The zero-order valence-corrected chi connectivity index (χ0v) is 16.1. The van der Waals surface area contributed by atoms with Crippen LogP contribution in [0.5, 0.6) is 0 Å². The van der Waals surface area contributed by atoms with Gasteiger partial charge in [-0.3, -0.25) is 0 Å². The summed E-state index contributed by atoms with van der Waals surface area (Å²) < 4.78 is 0. The maximum absolute atomic E-state index is 4.81. The topological polar surface area (TPSA) is 52.8 Å². The molecule has 2 heterocycles. The molecule has 0 fully saturated rings. The van der Waals surface area contributed by atoms with Crippen LogP contribution in [0.2, 0.25) is 0 Å². The Labute approximate surface area is 172 Å². The van der Waals surface area contributed by atoms with Crippen LogP contribution in [0.25, 0.3) is 55.3 Å². The zero-order chi connectivity index (χ0) is 18.5. The number of H-pyrrole nitrogens is 1. The Kier molecular flexibility index (Phi) is 4.07. The minimum absolute atomic E-state index is 0. The SMILES string of the molecule is [Cl-].c1ccc2nc3cc(-c4ccc5[nH+]c6ccccc6nc5c4)ccc3nc2c1. The normalized spacial score (nSPS) is 11.2. The van der Waals surface area contributed by atoms with Crippen LogP contribution >= 0.6 is 0 Å². The van der Waals surface area contributed by atoms with Crippen molar-refractivity contribution < 1.29 is 17.4 Å². The Hall–Kier alpha value is -3.63. The summed E-state index contributed by atoms with van der Waals surface area (Å²) in [6.07, 6.45) is 0. The standard InChI is InChI=1S/C24H14N4.ClH/c1-3-7-19-17(5-1)25-21-11-9-15(13-23(21)27-19)16-10-12-22-24(14-16)28-20-8-4-2-6-18(20)26-22;/h1-14H;1H. The van der Waals surface area contributed by atoms with Crippen molar-refractivity contribution in [1.82, 2.24) is 15.0 Å². The van der Waals surface area contributed by atoms with E-state index in [9.17, 15) is 0 Å². The first-order valence-electron chi connectivity index (χ1n) is 9.22. The highest BCUT2D eigenvalue weighted by Gasteiger charge is 2.10. The van der Waals surface area contributed by atoms with Crippen molar-refractivity contribution in [2.45, 2.75) is 0 Å². The van der Waals surface area contributed by atoms with Crippen LogP contribution in [0, 0.1) is 0 Å². The lowest BCUT2D eigenvalue weighted by Gasteiger charge is -2.05. The molecule has 0 aliphatic heterocycles. The van der Waals surface area contributed by atoms with Crippen LogP contribution in [-0.4, -0.2) is 15.0 Å². The number of para-hydroxylation sites is 4. The van der Waals surface area contributed by atoms with Crippen molar-refractivity contribution in [2.24, 2.45) is 0 Å². The number of nitrogens with one attached hydrogen (secondary N) is 1. The summed E-state index contributed by atoms with van der Waals surface area (Å²) in [5.74, 6) is 0. The molecule has 29 heavy (non-hydrogen) atoms. The maximum atomic E-state index is 4.81. The molecule has 0 saturated heterocycles. The molecule has 0 aliphatic rings. The van der Waals surface area contributed by atoms with Gasteiger partial charge < -0.3 is 12.4 Å². The van der Waals surface area contributed by atoms with Gasteiger partial charge in [0.2, 0.25) is 11.0 Å². The molecule has 6 rings (SSSR count). The first kappa shape index (κ1) is 17.5. The van der Waals surface area contributed by atoms with Gasteiger partial charge in [-0.15, -0.1) is 0 Å². The third-order valence-electron chi connectivity index (χ3n) is 5.08. The van der Waals surface area contributed by atoms with Crippen molar-refractivity contribution in [3.63, 3.8) is 0 Å². The van der Waals surface area contributed by atoms with Crippen molar-refractivity contribution in [3.05, 3.63) is 84.9 Å². The van der Waals surface area contributed by atoms with Crippen LogP contribution in [0.4, 0.5) is 0 Å². The molecule has 0 bridgehead atoms. The number of rotatable bonds is 1. The predicted molar refractivity (Wildman–Crippen MR) is 112 cm³/mol. The summed E-state index contributed by atoms with van der Waals surface area (Å²) in [5.41, 5.74) is 9.81. The van der Waals surface area contributed by atoms with Crippen LogP contribution in [0.1, 0.15) is 0 Å². The lowest BCUT2D eigenvalue weighted by atomic mass is 10.0. The van der Waals surface area contributed by atoms with Crippen LogP contribution in [0.3, 0.4) is 0 Å². The molecule has 4 aromatic carbocycles. The van der Waals surface area contributed by atoms with Crippen LogP contribution < -0.4 is 17.4 Å². The van der Waals surface area contributed by atoms with Gasteiger partial charge in [0.15, 0.2) is 0 Å². The van der Waals surface area contributed by atoms with Crippen LogP contribution in [0.15, 0.2) is 84.9 Å². The fourth-order valence-corrected chi connectivity index (χ4v) is 3.66. The Morgan fingerprint density at radius 2 is 0.966 bits per heavy atom. The smallest absolute Gasteiger partial charge is 0.230 e. The average molecular weight is 395 g/mol. The first-order chi connectivity index (χ1) is 13.8. The summed E-state index contributed by atoms with van der Waals surface area (Å²) >= 11 is 0. The molecule has 0 unspecified atom stereocenters. The van der Waals surface area contributed by atoms with E-state index in [0.717, 1.165) is 55.3 Å². The van der Waals surface area contributed by atoms with E-state index in [1.807, 2.05) is 54.6 Å². The third kappa shape index (κ3) is 2.94. The number of hydrogen-bond acceptors (Lipinski definition) is 3. The highest BCUT2D eigenvalue weighted by atomic mass is 35.5. The van der Waals surface area contributed by atoms with Crippen molar-refractivity contribution in [2.75, 3.05) is 0 Å². The second-order valence-corrected chi connectivity index (χ2v) is 6.90. The third-order valence-corrected chi connectivity index (χ3v) is 5.08. The van der Waals surface area contributed by atoms with Gasteiger partial charge >= 0.3 is 0 Å². The number of aromatic nitrogens is 4.